The first kappa shape index (κ1) is 19.9. The van der Waals surface area contributed by atoms with E-state index in [1.807, 2.05) is 37.4 Å². The van der Waals surface area contributed by atoms with Gasteiger partial charge in [-0.25, -0.2) is 18.4 Å². The van der Waals surface area contributed by atoms with Crippen molar-refractivity contribution in [3.05, 3.63) is 105 Å². The molecule has 3 nitrogen and oxygen atoms in total. The van der Waals surface area contributed by atoms with Crippen molar-refractivity contribution < 1.29 is 8.78 Å². The monoisotopic (exact) mass is 419 g/mol. The van der Waals surface area contributed by atoms with E-state index in [0.717, 1.165) is 33.6 Å². The Bertz CT molecular complexity index is 1270. The molecule has 0 spiro atoms. The molecule has 0 aliphatic heterocycles. The van der Waals surface area contributed by atoms with Gasteiger partial charge in [-0.15, -0.1) is 11.3 Å². The van der Waals surface area contributed by atoms with Crippen molar-refractivity contribution in [2.45, 2.75) is 13.8 Å². The summed E-state index contributed by atoms with van der Waals surface area (Å²) in [6.45, 7) is 4.09. The number of thiazole rings is 1. The highest BCUT2D eigenvalue weighted by Crippen LogP contribution is 2.23. The van der Waals surface area contributed by atoms with Crippen molar-refractivity contribution in [1.29, 1.82) is 0 Å². The molecule has 0 fully saturated rings. The molecule has 0 bridgehead atoms. The minimum Gasteiger partial charge on any atom is -0.219 e. The molecule has 0 N–H and O–H groups in total. The van der Waals surface area contributed by atoms with Gasteiger partial charge in [0.25, 0.3) is 0 Å². The summed E-state index contributed by atoms with van der Waals surface area (Å²) in [4.78, 5) is 5.51. The van der Waals surface area contributed by atoms with Crippen LogP contribution in [-0.2, 0) is 0 Å². The lowest BCUT2D eigenvalue weighted by Crippen LogP contribution is -2.11. The van der Waals surface area contributed by atoms with E-state index < -0.39 is 0 Å². The van der Waals surface area contributed by atoms with Gasteiger partial charge in [-0.1, -0.05) is 24.3 Å². The Morgan fingerprint density at radius 1 is 0.867 bits per heavy atom. The van der Waals surface area contributed by atoms with Crippen molar-refractivity contribution in [2.75, 3.05) is 0 Å². The van der Waals surface area contributed by atoms with Gasteiger partial charge in [0.15, 0.2) is 0 Å². The molecule has 0 atom stereocenters. The average Bonchev–Trinajstić information content (AvgIpc) is 3.14. The zero-order valence-electron chi connectivity index (χ0n) is 16.5. The second kappa shape index (κ2) is 8.55. The molecular formula is C24H19F2N3S. The summed E-state index contributed by atoms with van der Waals surface area (Å²) in [6.07, 6.45) is 1.65. The molecule has 0 unspecified atom stereocenters. The number of benzene rings is 3. The third-order valence-corrected chi connectivity index (χ3v) is 5.63. The Morgan fingerprint density at radius 3 is 2.23 bits per heavy atom. The first-order chi connectivity index (χ1) is 14.5. The number of aryl methyl sites for hydroxylation is 1. The maximum atomic E-state index is 13.4. The fraction of sp³-hybridized carbons (Fsp3) is 0.0833. The van der Waals surface area contributed by atoms with Crippen LogP contribution in [0.5, 0.6) is 0 Å². The van der Waals surface area contributed by atoms with Crippen molar-refractivity contribution in [3.8, 4) is 11.3 Å². The van der Waals surface area contributed by atoms with Crippen molar-refractivity contribution in [2.24, 2.45) is 10.1 Å². The predicted molar refractivity (Wildman–Crippen MR) is 118 cm³/mol. The molecule has 0 saturated carbocycles. The van der Waals surface area contributed by atoms with Crippen molar-refractivity contribution in [1.82, 2.24) is 4.68 Å². The van der Waals surface area contributed by atoms with Crippen LogP contribution in [0.2, 0.25) is 0 Å². The summed E-state index contributed by atoms with van der Waals surface area (Å²) in [7, 11) is 0. The summed E-state index contributed by atoms with van der Waals surface area (Å²) in [5.74, 6) is -0.594. The van der Waals surface area contributed by atoms with Gasteiger partial charge in [-0.2, -0.15) is 5.10 Å². The zero-order chi connectivity index (χ0) is 21.1. The number of halogens is 2. The zero-order valence-corrected chi connectivity index (χ0v) is 17.3. The van der Waals surface area contributed by atoms with Gasteiger partial charge in [0.05, 0.1) is 17.6 Å². The van der Waals surface area contributed by atoms with Crippen molar-refractivity contribution in [3.63, 3.8) is 0 Å². The lowest BCUT2D eigenvalue weighted by molar-refractivity contribution is 0.627. The van der Waals surface area contributed by atoms with Crippen LogP contribution in [0.25, 0.3) is 11.3 Å². The molecule has 30 heavy (non-hydrogen) atoms. The summed E-state index contributed by atoms with van der Waals surface area (Å²) in [5, 5.41) is 6.55. The lowest BCUT2D eigenvalue weighted by atomic mass is 10.1. The first-order valence-corrected chi connectivity index (χ1v) is 10.3. The number of nitrogens with zero attached hydrogens (tertiary/aromatic N) is 3. The van der Waals surface area contributed by atoms with E-state index in [0.29, 0.717) is 4.80 Å². The third kappa shape index (κ3) is 4.28. The summed E-state index contributed by atoms with van der Waals surface area (Å²) in [6, 6.07) is 18.3. The van der Waals surface area contributed by atoms with E-state index in [1.54, 1.807) is 35.2 Å². The minimum atomic E-state index is -0.298. The topological polar surface area (TPSA) is 29.6 Å². The second-order valence-electron chi connectivity index (χ2n) is 6.85. The lowest BCUT2D eigenvalue weighted by Gasteiger charge is -2.05. The minimum absolute atomic E-state index is 0.296. The third-order valence-electron chi connectivity index (χ3n) is 4.81. The molecule has 1 heterocycles. The average molecular weight is 420 g/mol. The van der Waals surface area contributed by atoms with Gasteiger partial charge < -0.3 is 0 Å². The highest BCUT2D eigenvalue weighted by atomic mass is 32.1. The number of aromatic nitrogens is 1. The van der Waals surface area contributed by atoms with E-state index in [9.17, 15) is 8.78 Å². The van der Waals surface area contributed by atoms with Gasteiger partial charge in [0.2, 0.25) is 4.80 Å². The molecule has 1 aromatic heterocycles. The number of rotatable bonds is 4. The van der Waals surface area contributed by atoms with E-state index in [4.69, 9.17) is 4.99 Å². The Balaban J connectivity index is 1.86. The van der Waals surface area contributed by atoms with Crippen LogP contribution < -0.4 is 4.80 Å². The SMILES string of the molecule is Cc1cccc(N=c2scc(-c3ccc(F)cc3)n2N=Cc2ccc(F)cc2)c1C. The van der Waals surface area contributed by atoms with E-state index >= 15 is 0 Å². The number of hydrogen-bond donors (Lipinski definition) is 0. The quantitative estimate of drug-likeness (QED) is 0.351. The van der Waals surface area contributed by atoms with Crippen LogP contribution in [0.4, 0.5) is 14.5 Å². The highest BCUT2D eigenvalue weighted by molar-refractivity contribution is 7.07. The molecular weight excluding hydrogens is 400 g/mol. The Hall–Kier alpha value is -3.38. The summed E-state index contributed by atoms with van der Waals surface area (Å²) < 4.78 is 28.3. The maximum absolute atomic E-state index is 13.4. The van der Waals surface area contributed by atoms with Crippen LogP contribution in [-0.4, -0.2) is 10.9 Å². The van der Waals surface area contributed by atoms with Gasteiger partial charge in [0.1, 0.15) is 11.6 Å². The fourth-order valence-corrected chi connectivity index (χ4v) is 3.79. The number of hydrogen-bond acceptors (Lipinski definition) is 3. The summed E-state index contributed by atoms with van der Waals surface area (Å²) in [5.41, 5.74) is 5.51. The van der Waals surface area contributed by atoms with Gasteiger partial charge in [0, 0.05) is 10.9 Å². The molecule has 0 saturated heterocycles. The second-order valence-corrected chi connectivity index (χ2v) is 7.69. The van der Waals surface area contributed by atoms with Crippen LogP contribution in [0.1, 0.15) is 16.7 Å². The van der Waals surface area contributed by atoms with Crippen molar-refractivity contribution >= 4 is 23.2 Å². The van der Waals surface area contributed by atoms with Crippen LogP contribution in [0.15, 0.2) is 82.2 Å². The molecule has 0 radical (unpaired) electrons. The molecule has 0 aliphatic rings. The molecule has 150 valence electrons. The molecule has 4 aromatic rings. The standard InChI is InChI=1S/C24H19F2N3S/c1-16-4-3-5-22(17(16)2)28-24-29(27-14-18-6-10-20(25)11-7-18)23(15-30-24)19-8-12-21(26)13-9-19/h3-15H,1-2H3. The van der Waals surface area contributed by atoms with E-state index in [2.05, 4.69) is 5.10 Å². The molecule has 0 amide bonds. The normalized spacial score (nSPS) is 12.1. The predicted octanol–water partition coefficient (Wildman–Crippen LogP) is 6.23. The molecule has 6 heteroatoms. The molecule has 0 aliphatic carbocycles. The van der Waals surface area contributed by atoms with Gasteiger partial charge >= 0.3 is 0 Å². The Kier molecular flexibility index (Phi) is 5.68. The highest BCUT2D eigenvalue weighted by Gasteiger charge is 2.09. The smallest absolute Gasteiger partial charge is 0.211 e. The van der Waals surface area contributed by atoms with Crippen LogP contribution in [0, 0.1) is 25.5 Å². The Labute approximate surface area is 177 Å². The maximum Gasteiger partial charge on any atom is 0.211 e. The van der Waals surface area contributed by atoms with Gasteiger partial charge in [-0.05, 0) is 73.0 Å². The molecule has 4 rings (SSSR count). The fourth-order valence-electron chi connectivity index (χ4n) is 2.94. The van der Waals surface area contributed by atoms with Crippen LogP contribution >= 0.6 is 11.3 Å². The largest absolute Gasteiger partial charge is 0.219 e. The van der Waals surface area contributed by atoms with E-state index in [1.165, 1.54) is 35.6 Å². The van der Waals surface area contributed by atoms with Crippen LogP contribution in [0.3, 0.4) is 0 Å². The van der Waals surface area contributed by atoms with E-state index in [-0.39, 0.29) is 11.6 Å². The Morgan fingerprint density at radius 2 is 1.53 bits per heavy atom. The summed E-state index contributed by atoms with van der Waals surface area (Å²) >= 11 is 1.45. The molecule has 3 aromatic carbocycles. The first-order valence-electron chi connectivity index (χ1n) is 9.38. The van der Waals surface area contributed by atoms with Gasteiger partial charge in [-0.3, -0.25) is 0 Å².